The third-order valence-corrected chi connectivity index (χ3v) is 3.47. The Morgan fingerprint density at radius 1 is 1.19 bits per heavy atom. The first-order valence-electron chi connectivity index (χ1n) is 7.13. The highest BCUT2D eigenvalue weighted by molar-refractivity contribution is 6.22. The van der Waals surface area contributed by atoms with Crippen molar-refractivity contribution < 1.29 is 14.4 Å². The second-order valence-corrected chi connectivity index (χ2v) is 5.78. The van der Waals surface area contributed by atoms with Gasteiger partial charge in [0.15, 0.2) is 0 Å². The predicted octanol–water partition coefficient (Wildman–Crippen LogP) is 1.75. The number of nitrogens with zero attached hydrogens (tertiary/aromatic N) is 1. The van der Waals surface area contributed by atoms with Gasteiger partial charge >= 0.3 is 0 Å². The normalized spacial score (nSPS) is 13.8. The van der Waals surface area contributed by atoms with Gasteiger partial charge in [0.2, 0.25) is 5.91 Å². The molecule has 5 heteroatoms. The van der Waals surface area contributed by atoms with E-state index in [1.807, 2.05) is 6.92 Å². The molecule has 0 fully saturated rings. The number of benzene rings is 1. The lowest BCUT2D eigenvalue weighted by Crippen LogP contribution is -2.40. The number of carbonyl (C=O) groups excluding carboxylic acids is 3. The zero-order valence-corrected chi connectivity index (χ0v) is 12.6. The van der Waals surface area contributed by atoms with E-state index in [0.717, 1.165) is 16.9 Å². The van der Waals surface area contributed by atoms with E-state index in [2.05, 4.69) is 19.2 Å². The molecule has 3 amide bonds. The first-order chi connectivity index (χ1) is 9.90. The lowest BCUT2D eigenvalue weighted by atomic mass is 10.1. The summed E-state index contributed by atoms with van der Waals surface area (Å²) in [6.07, 6.45) is 0.868. The molecule has 21 heavy (non-hydrogen) atoms. The molecular formula is C16H20N2O3. The van der Waals surface area contributed by atoms with Gasteiger partial charge in [-0.3, -0.25) is 19.3 Å². The number of amides is 3. The highest BCUT2D eigenvalue weighted by atomic mass is 16.2. The maximum Gasteiger partial charge on any atom is 0.262 e. The van der Waals surface area contributed by atoms with Crippen LogP contribution in [0.25, 0.3) is 0 Å². The average Bonchev–Trinajstić information content (AvgIpc) is 2.63. The molecule has 0 atom stereocenters. The maximum absolute atomic E-state index is 12.2. The Kier molecular flexibility index (Phi) is 4.40. The molecule has 1 aromatic carbocycles. The van der Waals surface area contributed by atoms with Crippen molar-refractivity contribution in [3.63, 3.8) is 0 Å². The number of rotatable bonds is 5. The van der Waals surface area contributed by atoms with Crippen LogP contribution in [0.3, 0.4) is 0 Å². The molecule has 0 unspecified atom stereocenters. The molecule has 1 aromatic rings. The van der Waals surface area contributed by atoms with Gasteiger partial charge in [-0.1, -0.05) is 25.5 Å². The van der Waals surface area contributed by atoms with Gasteiger partial charge in [-0.05, 0) is 31.4 Å². The standard InChI is InChI=1S/C16H20N2O3/c1-10(2)6-7-17-14(19)9-18-15(20)12-5-4-11(3)8-13(12)16(18)21/h4-5,8,10H,6-7,9H2,1-3H3,(H,17,19). The molecule has 0 bridgehead atoms. The van der Waals surface area contributed by atoms with E-state index in [0.29, 0.717) is 23.6 Å². The number of carbonyl (C=O) groups is 3. The molecule has 1 aliphatic rings. The fraction of sp³-hybridized carbons (Fsp3) is 0.438. The van der Waals surface area contributed by atoms with Crippen LogP contribution in [0.2, 0.25) is 0 Å². The lowest BCUT2D eigenvalue weighted by Gasteiger charge is -2.14. The number of hydrogen-bond donors (Lipinski definition) is 1. The summed E-state index contributed by atoms with van der Waals surface area (Å²) in [5.41, 5.74) is 1.67. The summed E-state index contributed by atoms with van der Waals surface area (Å²) in [6.45, 7) is 6.33. The smallest absolute Gasteiger partial charge is 0.262 e. The monoisotopic (exact) mass is 288 g/mol. The number of nitrogens with one attached hydrogen (secondary N) is 1. The van der Waals surface area contributed by atoms with Crippen molar-refractivity contribution in [2.24, 2.45) is 5.92 Å². The van der Waals surface area contributed by atoms with E-state index < -0.39 is 11.8 Å². The van der Waals surface area contributed by atoms with Crippen LogP contribution in [0.1, 0.15) is 46.5 Å². The fourth-order valence-corrected chi connectivity index (χ4v) is 2.25. The summed E-state index contributed by atoms with van der Waals surface area (Å²) in [5.74, 6) is -0.596. The molecule has 2 rings (SSSR count). The highest BCUT2D eigenvalue weighted by Crippen LogP contribution is 2.23. The summed E-state index contributed by atoms with van der Waals surface area (Å²) in [6, 6.07) is 5.12. The maximum atomic E-state index is 12.2. The third-order valence-electron chi connectivity index (χ3n) is 3.47. The van der Waals surface area contributed by atoms with Crippen LogP contribution >= 0.6 is 0 Å². The summed E-state index contributed by atoms with van der Waals surface area (Å²) in [5, 5.41) is 2.74. The zero-order valence-electron chi connectivity index (χ0n) is 12.6. The Hall–Kier alpha value is -2.17. The molecule has 1 aliphatic heterocycles. The van der Waals surface area contributed by atoms with Gasteiger partial charge in [0.1, 0.15) is 6.54 Å². The Bertz CT molecular complexity index is 593. The molecule has 0 saturated carbocycles. The van der Waals surface area contributed by atoms with Crippen LogP contribution in [0.4, 0.5) is 0 Å². The Labute approximate surface area is 124 Å². The van der Waals surface area contributed by atoms with Gasteiger partial charge in [-0.15, -0.1) is 0 Å². The van der Waals surface area contributed by atoms with Gasteiger partial charge in [-0.2, -0.15) is 0 Å². The number of aryl methyl sites for hydroxylation is 1. The van der Waals surface area contributed by atoms with Crippen LogP contribution in [0.5, 0.6) is 0 Å². The third kappa shape index (κ3) is 3.29. The van der Waals surface area contributed by atoms with Crippen LogP contribution in [-0.4, -0.2) is 35.7 Å². The summed E-state index contributed by atoms with van der Waals surface area (Å²) in [7, 11) is 0. The first kappa shape index (κ1) is 15.2. The van der Waals surface area contributed by atoms with Crippen molar-refractivity contribution in [2.75, 3.05) is 13.1 Å². The van der Waals surface area contributed by atoms with Crippen molar-refractivity contribution in [3.8, 4) is 0 Å². The van der Waals surface area contributed by atoms with Crippen molar-refractivity contribution in [2.45, 2.75) is 27.2 Å². The first-order valence-corrected chi connectivity index (χ1v) is 7.13. The fourth-order valence-electron chi connectivity index (χ4n) is 2.25. The van der Waals surface area contributed by atoms with E-state index in [1.165, 1.54) is 0 Å². The van der Waals surface area contributed by atoms with Crippen molar-refractivity contribution in [1.29, 1.82) is 0 Å². The number of imide groups is 1. The molecule has 0 aliphatic carbocycles. The molecule has 1 heterocycles. The molecule has 0 saturated heterocycles. The number of hydrogen-bond acceptors (Lipinski definition) is 3. The van der Waals surface area contributed by atoms with Gasteiger partial charge in [0.25, 0.3) is 11.8 Å². The van der Waals surface area contributed by atoms with E-state index in [9.17, 15) is 14.4 Å². The van der Waals surface area contributed by atoms with E-state index >= 15 is 0 Å². The summed E-state index contributed by atoms with van der Waals surface area (Å²) in [4.78, 5) is 37.2. The highest BCUT2D eigenvalue weighted by Gasteiger charge is 2.36. The average molecular weight is 288 g/mol. The Morgan fingerprint density at radius 2 is 1.86 bits per heavy atom. The second kappa shape index (κ2) is 6.08. The topological polar surface area (TPSA) is 66.5 Å². The van der Waals surface area contributed by atoms with E-state index in [4.69, 9.17) is 0 Å². The largest absolute Gasteiger partial charge is 0.355 e. The Morgan fingerprint density at radius 3 is 2.52 bits per heavy atom. The SMILES string of the molecule is Cc1ccc2c(c1)C(=O)N(CC(=O)NCCC(C)C)C2=O. The van der Waals surface area contributed by atoms with Gasteiger partial charge in [0, 0.05) is 6.54 Å². The van der Waals surface area contributed by atoms with Gasteiger partial charge in [0.05, 0.1) is 11.1 Å². The van der Waals surface area contributed by atoms with Crippen LogP contribution in [0.15, 0.2) is 18.2 Å². The molecular weight excluding hydrogens is 268 g/mol. The van der Waals surface area contributed by atoms with Crippen LogP contribution in [0, 0.1) is 12.8 Å². The molecule has 1 N–H and O–H groups in total. The van der Waals surface area contributed by atoms with Crippen LogP contribution in [-0.2, 0) is 4.79 Å². The molecule has 0 spiro atoms. The minimum Gasteiger partial charge on any atom is -0.355 e. The van der Waals surface area contributed by atoms with Crippen molar-refractivity contribution >= 4 is 17.7 Å². The summed E-state index contributed by atoms with van der Waals surface area (Å²) < 4.78 is 0. The minimum absolute atomic E-state index is 0.219. The molecule has 112 valence electrons. The van der Waals surface area contributed by atoms with Crippen LogP contribution < -0.4 is 5.32 Å². The molecule has 0 aromatic heterocycles. The van der Waals surface area contributed by atoms with E-state index in [-0.39, 0.29) is 12.5 Å². The quantitative estimate of drug-likeness (QED) is 0.839. The summed E-state index contributed by atoms with van der Waals surface area (Å²) >= 11 is 0. The minimum atomic E-state index is -0.394. The van der Waals surface area contributed by atoms with Crippen molar-refractivity contribution in [3.05, 3.63) is 34.9 Å². The zero-order chi connectivity index (χ0) is 15.6. The Balaban J connectivity index is 2.01. The lowest BCUT2D eigenvalue weighted by molar-refractivity contribution is -0.121. The number of fused-ring (bicyclic) bond motifs is 1. The second-order valence-electron chi connectivity index (χ2n) is 5.78. The molecule has 5 nitrogen and oxygen atoms in total. The van der Waals surface area contributed by atoms with E-state index in [1.54, 1.807) is 18.2 Å². The van der Waals surface area contributed by atoms with Gasteiger partial charge < -0.3 is 5.32 Å². The molecule has 0 radical (unpaired) electrons. The van der Waals surface area contributed by atoms with Gasteiger partial charge in [-0.25, -0.2) is 0 Å². The van der Waals surface area contributed by atoms with Crippen molar-refractivity contribution in [1.82, 2.24) is 10.2 Å². The predicted molar refractivity (Wildman–Crippen MR) is 79.0 cm³/mol.